The van der Waals surface area contributed by atoms with E-state index >= 15 is 0 Å². The predicted octanol–water partition coefficient (Wildman–Crippen LogP) is 4.03. The number of carbonyl (C=O) groups excluding carboxylic acids is 2. The van der Waals surface area contributed by atoms with Crippen molar-refractivity contribution in [1.82, 2.24) is 20.4 Å². The van der Waals surface area contributed by atoms with Gasteiger partial charge in [-0.15, -0.1) is 10.2 Å². The van der Waals surface area contributed by atoms with E-state index in [1.807, 2.05) is 0 Å². The molecule has 2 N–H and O–H groups in total. The molecule has 3 aromatic rings. The predicted molar refractivity (Wildman–Crippen MR) is 123 cm³/mol. The number of benzene rings is 2. The van der Waals surface area contributed by atoms with Crippen LogP contribution in [0.1, 0.15) is 39.1 Å². The summed E-state index contributed by atoms with van der Waals surface area (Å²) in [5, 5.41) is 15.0. The highest BCUT2D eigenvalue weighted by Crippen LogP contribution is 2.29. The van der Waals surface area contributed by atoms with Crippen LogP contribution >= 0.6 is 11.3 Å². The standard InChI is InChI=1S/C23H24FN5O3S/c1-32-19-10-8-18(9-11-19)26-20(30)22-28-27-21(33-22)16-3-2-12-29(14-16)23(31)25-13-15-4-6-17(24)7-5-15/h4-11,16H,2-3,12-14H2,1H3,(H,25,31)(H,26,30)/t16-/m0/s1. The van der Waals surface area contributed by atoms with Gasteiger partial charge in [0.05, 0.1) is 7.11 Å². The van der Waals surface area contributed by atoms with Crippen LogP contribution in [0.3, 0.4) is 0 Å². The molecule has 4 rings (SSSR count). The number of carbonyl (C=O) groups is 2. The number of methoxy groups -OCH3 is 1. The van der Waals surface area contributed by atoms with Gasteiger partial charge in [-0.2, -0.15) is 0 Å². The fraction of sp³-hybridized carbons (Fsp3) is 0.304. The lowest BCUT2D eigenvalue weighted by Crippen LogP contribution is -2.44. The molecule has 1 aliphatic heterocycles. The number of amides is 3. The molecule has 0 aliphatic carbocycles. The van der Waals surface area contributed by atoms with Crippen molar-refractivity contribution in [2.45, 2.75) is 25.3 Å². The van der Waals surface area contributed by atoms with Crippen molar-refractivity contribution >= 4 is 29.0 Å². The van der Waals surface area contributed by atoms with E-state index in [1.165, 1.54) is 23.5 Å². The van der Waals surface area contributed by atoms with Crippen molar-refractivity contribution in [2.24, 2.45) is 0 Å². The van der Waals surface area contributed by atoms with Crippen LogP contribution in [0.2, 0.25) is 0 Å². The Morgan fingerprint density at radius 3 is 2.64 bits per heavy atom. The van der Waals surface area contributed by atoms with Crippen LogP contribution < -0.4 is 15.4 Å². The number of likely N-dealkylation sites (tertiary alicyclic amines) is 1. The molecule has 0 radical (unpaired) electrons. The Hall–Kier alpha value is -3.53. The van der Waals surface area contributed by atoms with Crippen molar-refractivity contribution in [2.75, 3.05) is 25.5 Å². The van der Waals surface area contributed by atoms with Crippen LogP contribution in [0.4, 0.5) is 14.9 Å². The van der Waals surface area contributed by atoms with Gasteiger partial charge in [0.15, 0.2) is 0 Å². The molecule has 33 heavy (non-hydrogen) atoms. The molecule has 1 saturated heterocycles. The van der Waals surface area contributed by atoms with Gasteiger partial charge >= 0.3 is 6.03 Å². The summed E-state index contributed by atoms with van der Waals surface area (Å²) >= 11 is 1.25. The molecule has 172 valence electrons. The summed E-state index contributed by atoms with van der Waals surface area (Å²) in [5.74, 6) is 0.0943. The molecule has 8 nitrogen and oxygen atoms in total. The monoisotopic (exact) mass is 469 g/mol. The van der Waals surface area contributed by atoms with Crippen molar-refractivity contribution in [3.05, 3.63) is 69.9 Å². The Kier molecular flexibility index (Phi) is 7.13. The molecular weight excluding hydrogens is 445 g/mol. The third-order valence-electron chi connectivity index (χ3n) is 5.40. The molecule has 0 bridgehead atoms. The minimum absolute atomic E-state index is 0.0235. The summed E-state index contributed by atoms with van der Waals surface area (Å²) in [7, 11) is 1.58. The second kappa shape index (κ2) is 10.4. The summed E-state index contributed by atoms with van der Waals surface area (Å²) in [6, 6.07) is 12.9. The number of nitrogens with one attached hydrogen (secondary N) is 2. The number of urea groups is 1. The van der Waals surface area contributed by atoms with Crippen LogP contribution in [0.25, 0.3) is 0 Å². The van der Waals surface area contributed by atoms with Gasteiger partial charge in [0.2, 0.25) is 5.01 Å². The molecule has 0 unspecified atom stereocenters. The summed E-state index contributed by atoms with van der Waals surface area (Å²) in [5.41, 5.74) is 1.47. The first kappa shape index (κ1) is 22.7. The highest BCUT2D eigenvalue weighted by molar-refractivity contribution is 7.13. The Labute approximate surface area is 194 Å². The second-order valence-electron chi connectivity index (χ2n) is 7.70. The van der Waals surface area contributed by atoms with Crippen LogP contribution in [0.5, 0.6) is 5.75 Å². The minimum atomic E-state index is -0.325. The highest BCUT2D eigenvalue weighted by atomic mass is 32.1. The van der Waals surface area contributed by atoms with E-state index in [1.54, 1.807) is 48.4 Å². The van der Waals surface area contributed by atoms with Crippen LogP contribution in [0, 0.1) is 5.82 Å². The SMILES string of the molecule is COc1ccc(NC(=O)c2nnc([C@H]3CCCN(C(=O)NCc4ccc(F)cc4)C3)s2)cc1. The van der Waals surface area contributed by atoms with Gasteiger partial charge in [-0.25, -0.2) is 9.18 Å². The van der Waals surface area contributed by atoms with Crippen LogP contribution in [-0.4, -0.2) is 47.2 Å². The zero-order valence-corrected chi connectivity index (χ0v) is 18.9. The van der Waals surface area contributed by atoms with E-state index in [0.29, 0.717) is 31.1 Å². The number of piperidine rings is 1. The average molecular weight is 470 g/mol. The number of ether oxygens (including phenoxy) is 1. The van der Waals surface area contributed by atoms with Gasteiger partial charge in [-0.1, -0.05) is 23.5 Å². The third kappa shape index (κ3) is 5.83. The number of aromatic nitrogens is 2. The number of rotatable bonds is 6. The average Bonchev–Trinajstić information content (AvgIpc) is 3.35. The number of hydrogen-bond acceptors (Lipinski definition) is 6. The highest BCUT2D eigenvalue weighted by Gasteiger charge is 2.28. The maximum absolute atomic E-state index is 13.0. The van der Waals surface area contributed by atoms with Gasteiger partial charge in [-0.05, 0) is 54.8 Å². The first-order valence-electron chi connectivity index (χ1n) is 10.6. The first-order valence-corrected chi connectivity index (χ1v) is 11.4. The zero-order chi connectivity index (χ0) is 23.2. The van der Waals surface area contributed by atoms with Gasteiger partial charge in [-0.3, -0.25) is 4.79 Å². The fourth-order valence-corrected chi connectivity index (χ4v) is 4.47. The summed E-state index contributed by atoms with van der Waals surface area (Å²) in [6.45, 7) is 1.48. The van der Waals surface area contributed by atoms with E-state index < -0.39 is 0 Å². The molecule has 1 aliphatic rings. The molecule has 2 heterocycles. The van der Waals surface area contributed by atoms with Crippen molar-refractivity contribution < 1.29 is 18.7 Å². The molecule has 1 fully saturated rings. The van der Waals surface area contributed by atoms with E-state index in [2.05, 4.69) is 20.8 Å². The summed E-state index contributed by atoms with van der Waals surface area (Å²) in [4.78, 5) is 26.9. The largest absolute Gasteiger partial charge is 0.497 e. The molecule has 1 atom stereocenters. The smallest absolute Gasteiger partial charge is 0.317 e. The Morgan fingerprint density at radius 1 is 1.15 bits per heavy atom. The molecule has 1 aromatic heterocycles. The summed E-state index contributed by atoms with van der Waals surface area (Å²) in [6.07, 6.45) is 1.71. The number of nitrogens with zero attached hydrogens (tertiary/aromatic N) is 3. The molecule has 0 saturated carbocycles. The van der Waals surface area contributed by atoms with Crippen molar-refractivity contribution in [1.29, 1.82) is 0 Å². The van der Waals surface area contributed by atoms with Gasteiger partial charge in [0.1, 0.15) is 16.6 Å². The molecule has 0 spiro atoms. The van der Waals surface area contributed by atoms with Crippen molar-refractivity contribution in [3.63, 3.8) is 0 Å². The zero-order valence-electron chi connectivity index (χ0n) is 18.1. The summed E-state index contributed by atoms with van der Waals surface area (Å²) < 4.78 is 18.2. The van der Waals surface area contributed by atoms with E-state index in [-0.39, 0.29) is 28.7 Å². The number of anilines is 1. The molecule has 2 aromatic carbocycles. The van der Waals surface area contributed by atoms with E-state index in [0.717, 1.165) is 23.4 Å². The van der Waals surface area contributed by atoms with E-state index in [9.17, 15) is 14.0 Å². The van der Waals surface area contributed by atoms with Crippen LogP contribution in [0.15, 0.2) is 48.5 Å². The molecular formula is C23H24FN5O3S. The van der Waals surface area contributed by atoms with Gasteiger partial charge in [0, 0.05) is 31.2 Å². The lowest BCUT2D eigenvalue weighted by Gasteiger charge is -2.31. The minimum Gasteiger partial charge on any atom is -0.497 e. The number of halogens is 1. The lowest BCUT2D eigenvalue weighted by molar-refractivity contribution is 0.102. The quantitative estimate of drug-likeness (QED) is 0.568. The molecule has 10 heteroatoms. The Balaban J connectivity index is 1.32. The fourth-order valence-electron chi connectivity index (χ4n) is 3.61. The van der Waals surface area contributed by atoms with E-state index in [4.69, 9.17) is 4.74 Å². The maximum atomic E-state index is 13.0. The van der Waals surface area contributed by atoms with Gasteiger partial charge in [0.25, 0.3) is 5.91 Å². The van der Waals surface area contributed by atoms with Crippen molar-refractivity contribution in [3.8, 4) is 5.75 Å². The lowest BCUT2D eigenvalue weighted by atomic mass is 9.99. The first-order chi connectivity index (χ1) is 16.0. The maximum Gasteiger partial charge on any atom is 0.317 e. The Bertz CT molecular complexity index is 1100. The topological polar surface area (TPSA) is 96.4 Å². The van der Waals surface area contributed by atoms with Gasteiger partial charge < -0.3 is 20.3 Å². The Morgan fingerprint density at radius 2 is 1.91 bits per heavy atom. The number of hydrogen-bond donors (Lipinski definition) is 2. The third-order valence-corrected chi connectivity index (χ3v) is 6.48. The second-order valence-corrected chi connectivity index (χ2v) is 8.71. The van der Waals surface area contributed by atoms with Crippen LogP contribution in [-0.2, 0) is 6.54 Å². The molecule has 3 amide bonds. The normalized spacial score (nSPS) is 15.7.